The Kier molecular flexibility index (Phi) is 6.03. The van der Waals surface area contributed by atoms with Crippen molar-refractivity contribution in [1.29, 1.82) is 0 Å². The molecule has 3 rings (SSSR count). The van der Waals surface area contributed by atoms with Gasteiger partial charge in [-0.25, -0.2) is 4.98 Å². The molecule has 0 aliphatic rings. The molecule has 9 nitrogen and oxygen atoms in total. The van der Waals surface area contributed by atoms with Crippen LogP contribution in [0.1, 0.15) is 60.2 Å². The van der Waals surface area contributed by atoms with Crippen LogP contribution in [0.4, 0.5) is 5.82 Å². The maximum Gasteiger partial charge on any atom is 0.253 e. The number of aromatic nitrogens is 5. The zero-order valence-corrected chi connectivity index (χ0v) is 16.5. The molecule has 0 unspecified atom stereocenters. The summed E-state index contributed by atoms with van der Waals surface area (Å²) >= 11 is 0. The topological polar surface area (TPSA) is 122 Å². The van der Waals surface area contributed by atoms with Crippen molar-refractivity contribution in [3.8, 4) is 0 Å². The van der Waals surface area contributed by atoms with E-state index >= 15 is 0 Å². The molecular weight excluding hydrogens is 358 g/mol. The van der Waals surface area contributed by atoms with Gasteiger partial charge in [-0.2, -0.15) is 10.1 Å². The molecule has 0 saturated carbocycles. The Balaban J connectivity index is 1.50. The third-order valence-electron chi connectivity index (χ3n) is 4.08. The minimum Gasteiger partial charge on any atom is -0.367 e. The zero-order chi connectivity index (χ0) is 20.1. The van der Waals surface area contributed by atoms with E-state index in [-0.39, 0.29) is 24.4 Å². The van der Waals surface area contributed by atoms with Crippen LogP contribution in [0.5, 0.6) is 0 Å². The van der Waals surface area contributed by atoms with Gasteiger partial charge in [-0.3, -0.25) is 9.89 Å². The van der Waals surface area contributed by atoms with E-state index in [1.807, 2.05) is 26.8 Å². The van der Waals surface area contributed by atoms with Crippen molar-refractivity contribution in [3.63, 3.8) is 0 Å². The van der Waals surface area contributed by atoms with Crippen molar-refractivity contribution in [2.24, 2.45) is 0 Å². The van der Waals surface area contributed by atoms with Crippen molar-refractivity contribution >= 4 is 11.7 Å². The first-order valence-corrected chi connectivity index (χ1v) is 9.25. The minimum atomic E-state index is -0.241. The van der Waals surface area contributed by atoms with Crippen LogP contribution in [0.15, 0.2) is 28.9 Å². The molecule has 9 heteroatoms. The first-order chi connectivity index (χ1) is 13.4. The Morgan fingerprint density at radius 1 is 1.29 bits per heavy atom. The Morgan fingerprint density at radius 3 is 2.71 bits per heavy atom. The Labute approximate surface area is 163 Å². The first kappa shape index (κ1) is 19.5. The number of nitrogens with zero attached hydrogens (tertiary/aromatic N) is 4. The van der Waals surface area contributed by atoms with E-state index in [2.05, 4.69) is 42.9 Å². The molecule has 3 aromatic rings. The van der Waals surface area contributed by atoms with Gasteiger partial charge < -0.3 is 15.2 Å². The number of nitrogens with one attached hydrogen (secondary N) is 3. The second-order valence-electron chi connectivity index (χ2n) is 7.11. The standard InChI is InChI=1S/C19H25N7O2/c1-11(2)19-23-17(26-28-19)10-21-18(27)14-5-6-16(20-9-14)22-12(3)7-15-8-13(4)24-25-15/h5-6,8-9,11-12H,7,10H2,1-4H3,(H,20,22)(H,21,27)(H,24,25)/t12-/m1/s1. The molecule has 28 heavy (non-hydrogen) atoms. The first-order valence-electron chi connectivity index (χ1n) is 9.25. The summed E-state index contributed by atoms with van der Waals surface area (Å²) in [6.07, 6.45) is 2.32. The summed E-state index contributed by atoms with van der Waals surface area (Å²) in [5.41, 5.74) is 2.50. The van der Waals surface area contributed by atoms with Crippen LogP contribution in [-0.4, -0.2) is 37.3 Å². The lowest BCUT2D eigenvalue weighted by atomic mass is 10.1. The second-order valence-corrected chi connectivity index (χ2v) is 7.11. The van der Waals surface area contributed by atoms with Gasteiger partial charge in [0.1, 0.15) is 5.82 Å². The Morgan fingerprint density at radius 2 is 2.11 bits per heavy atom. The number of aromatic amines is 1. The lowest BCUT2D eigenvalue weighted by molar-refractivity contribution is 0.0949. The van der Waals surface area contributed by atoms with Crippen molar-refractivity contribution in [3.05, 3.63) is 53.1 Å². The number of amides is 1. The van der Waals surface area contributed by atoms with Crippen LogP contribution in [-0.2, 0) is 13.0 Å². The van der Waals surface area contributed by atoms with Gasteiger partial charge in [0.05, 0.1) is 17.8 Å². The second kappa shape index (κ2) is 8.64. The monoisotopic (exact) mass is 383 g/mol. The number of hydrogen-bond acceptors (Lipinski definition) is 7. The van der Waals surface area contributed by atoms with Crippen LogP contribution >= 0.6 is 0 Å². The molecule has 0 saturated heterocycles. The molecule has 0 aliphatic carbocycles. The fourth-order valence-corrected chi connectivity index (χ4v) is 2.64. The SMILES string of the molecule is Cc1cc(C[C@@H](C)Nc2ccc(C(=O)NCc3noc(C(C)C)n3)cn2)n[nH]1. The van der Waals surface area contributed by atoms with E-state index in [1.165, 1.54) is 0 Å². The molecule has 0 aliphatic heterocycles. The third kappa shape index (κ3) is 5.15. The third-order valence-corrected chi connectivity index (χ3v) is 4.08. The summed E-state index contributed by atoms with van der Waals surface area (Å²) in [7, 11) is 0. The number of pyridine rings is 1. The molecule has 3 N–H and O–H groups in total. The lowest BCUT2D eigenvalue weighted by Gasteiger charge is -2.13. The number of rotatable bonds is 8. The molecule has 0 spiro atoms. The summed E-state index contributed by atoms with van der Waals surface area (Å²) in [5.74, 6) is 1.62. The molecule has 3 aromatic heterocycles. The highest BCUT2D eigenvalue weighted by Crippen LogP contribution is 2.12. The average molecular weight is 383 g/mol. The average Bonchev–Trinajstić information content (AvgIpc) is 3.29. The normalized spacial score (nSPS) is 12.2. The number of carbonyl (C=O) groups is 1. The van der Waals surface area contributed by atoms with Crippen molar-refractivity contribution in [2.45, 2.75) is 52.6 Å². The summed E-state index contributed by atoms with van der Waals surface area (Å²) in [5, 5.41) is 17.1. The summed E-state index contributed by atoms with van der Waals surface area (Å²) in [6, 6.07) is 5.69. The fourth-order valence-electron chi connectivity index (χ4n) is 2.64. The van der Waals surface area contributed by atoms with Gasteiger partial charge in [0.15, 0.2) is 5.82 Å². The Bertz CT molecular complexity index is 915. The summed E-state index contributed by atoms with van der Waals surface area (Å²) in [6.45, 7) is 8.17. The summed E-state index contributed by atoms with van der Waals surface area (Å²) in [4.78, 5) is 20.8. The van der Waals surface area contributed by atoms with Crippen molar-refractivity contribution < 1.29 is 9.32 Å². The highest BCUT2D eigenvalue weighted by Gasteiger charge is 2.12. The van der Waals surface area contributed by atoms with Gasteiger partial charge in [0, 0.05) is 30.3 Å². The maximum atomic E-state index is 12.3. The molecule has 0 aromatic carbocycles. The van der Waals surface area contributed by atoms with Gasteiger partial charge in [0.2, 0.25) is 5.89 Å². The van der Waals surface area contributed by atoms with Crippen molar-refractivity contribution in [1.82, 2.24) is 30.6 Å². The van der Waals surface area contributed by atoms with E-state index in [0.29, 0.717) is 23.1 Å². The van der Waals surface area contributed by atoms with Crippen LogP contribution in [0.2, 0.25) is 0 Å². The zero-order valence-electron chi connectivity index (χ0n) is 16.5. The molecule has 1 atom stereocenters. The molecule has 1 amide bonds. The molecule has 3 heterocycles. The number of anilines is 1. The van der Waals surface area contributed by atoms with E-state index in [9.17, 15) is 4.79 Å². The van der Waals surface area contributed by atoms with Crippen molar-refractivity contribution in [2.75, 3.05) is 5.32 Å². The predicted octanol–water partition coefficient (Wildman–Crippen LogP) is 2.59. The molecular formula is C19H25N7O2. The number of H-pyrrole nitrogens is 1. The van der Waals surface area contributed by atoms with E-state index in [4.69, 9.17) is 4.52 Å². The summed E-state index contributed by atoms with van der Waals surface area (Å²) < 4.78 is 5.12. The van der Waals surface area contributed by atoms with Gasteiger partial charge in [-0.05, 0) is 32.0 Å². The predicted molar refractivity (Wildman–Crippen MR) is 104 cm³/mol. The van der Waals surface area contributed by atoms with Crippen LogP contribution in [0.25, 0.3) is 0 Å². The molecule has 0 fully saturated rings. The van der Waals surface area contributed by atoms with Crippen LogP contribution in [0, 0.1) is 6.92 Å². The number of hydrogen-bond donors (Lipinski definition) is 3. The van der Waals surface area contributed by atoms with Crippen LogP contribution in [0.3, 0.4) is 0 Å². The number of carbonyl (C=O) groups excluding carboxylic acids is 1. The van der Waals surface area contributed by atoms with E-state index in [0.717, 1.165) is 17.8 Å². The van der Waals surface area contributed by atoms with Gasteiger partial charge in [-0.1, -0.05) is 19.0 Å². The molecule has 148 valence electrons. The lowest BCUT2D eigenvalue weighted by Crippen LogP contribution is -2.24. The maximum absolute atomic E-state index is 12.3. The largest absolute Gasteiger partial charge is 0.367 e. The fraction of sp³-hybridized carbons (Fsp3) is 0.421. The highest BCUT2D eigenvalue weighted by atomic mass is 16.5. The van der Waals surface area contributed by atoms with E-state index < -0.39 is 0 Å². The number of aryl methyl sites for hydroxylation is 1. The Hall–Kier alpha value is -3.23. The molecule has 0 bridgehead atoms. The smallest absolute Gasteiger partial charge is 0.253 e. The van der Waals surface area contributed by atoms with Gasteiger partial charge in [-0.15, -0.1) is 0 Å². The van der Waals surface area contributed by atoms with Gasteiger partial charge in [0.25, 0.3) is 5.91 Å². The van der Waals surface area contributed by atoms with Crippen LogP contribution < -0.4 is 10.6 Å². The molecule has 0 radical (unpaired) electrons. The minimum absolute atomic E-state index is 0.153. The van der Waals surface area contributed by atoms with E-state index in [1.54, 1.807) is 18.3 Å². The van der Waals surface area contributed by atoms with Gasteiger partial charge >= 0.3 is 0 Å². The highest BCUT2D eigenvalue weighted by molar-refractivity contribution is 5.93. The quantitative estimate of drug-likeness (QED) is 0.546.